The number of aromatic nitrogens is 2. The Hall–Kier alpha value is -2.17. The van der Waals surface area contributed by atoms with E-state index in [9.17, 15) is 4.79 Å². The molecule has 1 amide bonds. The van der Waals surface area contributed by atoms with Crippen LogP contribution in [0.25, 0.3) is 0 Å². The van der Waals surface area contributed by atoms with Crippen LogP contribution in [0.2, 0.25) is 0 Å². The summed E-state index contributed by atoms with van der Waals surface area (Å²) < 4.78 is 10.8. The molecule has 134 valence electrons. The summed E-state index contributed by atoms with van der Waals surface area (Å²) >= 11 is 0. The molecule has 1 aromatic rings. The summed E-state index contributed by atoms with van der Waals surface area (Å²) in [7, 11) is 1.71. The minimum atomic E-state index is -0.227. The van der Waals surface area contributed by atoms with Gasteiger partial charge < -0.3 is 19.7 Å². The van der Waals surface area contributed by atoms with Gasteiger partial charge in [0.25, 0.3) is 5.91 Å². The molecule has 7 nitrogen and oxygen atoms in total. The van der Waals surface area contributed by atoms with Crippen LogP contribution in [0.1, 0.15) is 19.3 Å². The summed E-state index contributed by atoms with van der Waals surface area (Å²) in [6, 6.07) is 2.01. The number of hydrogen-bond donors (Lipinski definition) is 1. The van der Waals surface area contributed by atoms with E-state index in [0.717, 1.165) is 44.8 Å². The molecule has 0 radical (unpaired) electrons. The highest BCUT2D eigenvalue weighted by molar-refractivity contribution is 5.93. The molecule has 1 aromatic heterocycles. The first-order valence-electron chi connectivity index (χ1n) is 8.69. The fourth-order valence-electron chi connectivity index (χ4n) is 3.24. The van der Waals surface area contributed by atoms with Gasteiger partial charge in [-0.05, 0) is 31.2 Å². The summed E-state index contributed by atoms with van der Waals surface area (Å²) in [5, 5.41) is 2.92. The molecule has 1 N–H and O–H groups in total. The van der Waals surface area contributed by atoms with Crippen LogP contribution in [0.5, 0.6) is 0 Å². The molecule has 2 aliphatic rings. The quantitative estimate of drug-likeness (QED) is 0.807. The van der Waals surface area contributed by atoms with Gasteiger partial charge >= 0.3 is 0 Å². The first-order chi connectivity index (χ1) is 12.3. The number of carbonyl (C=O) groups is 1. The molecule has 3 heterocycles. The zero-order valence-corrected chi connectivity index (χ0v) is 14.5. The van der Waals surface area contributed by atoms with Gasteiger partial charge in [-0.1, -0.05) is 5.92 Å². The van der Waals surface area contributed by atoms with Crippen LogP contribution in [0.3, 0.4) is 0 Å². The Balaban J connectivity index is 1.55. The molecule has 0 bridgehead atoms. The predicted octanol–water partition coefficient (Wildman–Crippen LogP) is 0.616. The van der Waals surface area contributed by atoms with E-state index in [1.54, 1.807) is 13.3 Å². The molecule has 3 rings (SSSR count). The number of amides is 1. The van der Waals surface area contributed by atoms with E-state index in [1.807, 2.05) is 6.07 Å². The molecule has 0 spiro atoms. The number of nitrogens with zero attached hydrogens (tertiary/aromatic N) is 3. The van der Waals surface area contributed by atoms with Crippen LogP contribution in [-0.2, 0) is 14.3 Å². The molecule has 0 aliphatic carbocycles. The maximum absolute atomic E-state index is 12.0. The molecule has 2 saturated heterocycles. The van der Waals surface area contributed by atoms with Gasteiger partial charge in [0, 0.05) is 45.5 Å². The van der Waals surface area contributed by atoms with E-state index in [4.69, 9.17) is 9.47 Å². The largest absolute Gasteiger partial charge is 0.381 e. The van der Waals surface area contributed by atoms with Gasteiger partial charge in [-0.2, -0.15) is 0 Å². The Bertz CT molecular complexity index is 622. The lowest BCUT2D eigenvalue weighted by Crippen LogP contribution is -2.40. The number of nitrogens with one attached hydrogen (secondary N) is 1. The third kappa shape index (κ3) is 4.91. The van der Waals surface area contributed by atoms with E-state index >= 15 is 0 Å². The maximum Gasteiger partial charge on any atom is 0.295 e. The van der Waals surface area contributed by atoms with E-state index < -0.39 is 0 Å². The second-order valence-electron chi connectivity index (χ2n) is 6.33. The fraction of sp³-hybridized carbons (Fsp3) is 0.611. The number of anilines is 1. The smallest absolute Gasteiger partial charge is 0.295 e. The van der Waals surface area contributed by atoms with Gasteiger partial charge in [-0.25, -0.2) is 9.97 Å². The van der Waals surface area contributed by atoms with Crippen molar-refractivity contribution in [2.24, 2.45) is 5.92 Å². The summed E-state index contributed by atoms with van der Waals surface area (Å²) in [5.41, 5.74) is 0. The summed E-state index contributed by atoms with van der Waals surface area (Å²) in [4.78, 5) is 22.5. The van der Waals surface area contributed by atoms with Crippen molar-refractivity contribution in [2.75, 3.05) is 38.3 Å². The van der Waals surface area contributed by atoms with E-state index in [1.165, 1.54) is 6.33 Å². The van der Waals surface area contributed by atoms with Gasteiger partial charge in [-0.15, -0.1) is 0 Å². The number of carbonyl (C=O) groups excluding carboxylic acids is 1. The SMILES string of the molecule is CO[C@@H]1C[C@H](CNC(=O)C#CC2CCOCC2)N(c2ccncn2)C1. The average molecular weight is 344 g/mol. The normalized spacial score (nSPS) is 23.8. The Labute approximate surface area is 148 Å². The van der Waals surface area contributed by atoms with Crippen molar-refractivity contribution in [3.63, 3.8) is 0 Å². The van der Waals surface area contributed by atoms with Crippen LogP contribution in [-0.4, -0.2) is 61.4 Å². The highest BCUT2D eigenvalue weighted by Crippen LogP contribution is 2.24. The van der Waals surface area contributed by atoms with Crippen molar-refractivity contribution in [1.29, 1.82) is 0 Å². The zero-order chi connectivity index (χ0) is 17.5. The van der Waals surface area contributed by atoms with Crippen molar-refractivity contribution in [3.05, 3.63) is 18.6 Å². The van der Waals surface area contributed by atoms with Crippen molar-refractivity contribution in [2.45, 2.75) is 31.4 Å². The molecule has 0 aromatic carbocycles. The lowest BCUT2D eigenvalue weighted by molar-refractivity contribution is -0.115. The first kappa shape index (κ1) is 17.6. The molecule has 2 aliphatic heterocycles. The number of hydrogen-bond acceptors (Lipinski definition) is 6. The fourth-order valence-corrected chi connectivity index (χ4v) is 3.24. The van der Waals surface area contributed by atoms with E-state index in [0.29, 0.717) is 6.54 Å². The maximum atomic E-state index is 12.0. The number of ether oxygens (including phenoxy) is 2. The highest BCUT2D eigenvalue weighted by Gasteiger charge is 2.33. The van der Waals surface area contributed by atoms with Gasteiger partial charge in [0.1, 0.15) is 12.1 Å². The Morgan fingerprint density at radius 2 is 2.32 bits per heavy atom. The molecule has 2 atom stereocenters. The molecular weight excluding hydrogens is 320 g/mol. The van der Waals surface area contributed by atoms with Crippen LogP contribution < -0.4 is 10.2 Å². The van der Waals surface area contributed by atoms with Gasteiger partial charge in [0.15, 0.2) is 0 Å². The van der Waals surface area contributed by atoms with Crippen LogP contribution in [0, 0.1) is 17.8 Å². The molecular formula is C18H24N4O3. The highest BCUT2D eigenvalue weighted by atomic mass is 16.5. The van der Waals surface area contributed by atoms with Gasteiger partial charge in [-0.3, -0.25) is 4.79 Å². The summed E-state index contributed by atoms with van der Waals surface area (Å²) in [6.07, 6.45) is 6.03. The van der Waals surface area contributed by atoms with Crippen molar-refractivity contribution in [1.82, 2.24) is 15.3 Å². The summed E-state index contributed by atoms with van der Waals surface area (Å²) in [5.74, 6) is 6.67. The second kappa shape index (κ2) is 8.79. The molecule has 7 heteroatoms. The van der Waals surface area contributed by atoms with Crippen LogP contribution in [0.4, 0.5) is 5.82 Å². The average Bonchev–Trinajstić information content (AvgIpc) is 3.09. The van der Waals surface area contributed by atoms with E-state index in [-0.39, 0.29) is 24.0 Å². The monoisotopic (exact) mass is 344 g/mol. The summed E-state index contributed by atoms with van der Waals surface area (Å²) in [6.45, 7) is 2.73. The Morgan fingerprint density at radius 3 is 3.04 bits per heavy atom. The van der Waals surface area contributed by atoms with Crippen LogP contribution >= 0.6 is 0 Å². The zero-order valence-electron chi connectivity index (χ0n) is 14.5. The minimum Gasteiger partial charge on any atom is -0.381 e. The van der Waals surface area contributed by atoms with Crippen molar-refractivity contribution < 1.29 is 14.3 Å². The molecule has 0 unspecified atom stereocenters. The minimum absolute atomic E-state index is 0.130. The van der Waals surface area contributed by atoms with Gasteiger partial charge in [0.2, 0.25) is 0 Å². The Morgan fingerprint density at radius 1 is 1.48 bits per heavy atom. The number of rotatable bonds is 4. The lowest BCUT2D eigenvalue weighted by Gasteiger charge is -2.25. The first-order valence-corrected chi connectivity index (χ1v) is 8.69. The van der Waals surface area contributed by atoms with Crippen molar-refractivity contribution in [3.8, 4) is 11.8 Å². The Kier molecular flexibility index (Phi) is 6.20. The number of methoxy groups -OCH3 is 1. The third-order valence-corrected chi connectivity index (χ3v) is 4.68. The molecule has 0 saturated carbocycles. The van der Waals surface area contributed by atoms with Gasteiger partial charge in [0.05, 0.1) is 12.1 Å². The standard InChI is InChI=1S/C18H24N4O3/c1-24-16-10-15(22(12-16)17-4-7-19-13-21-17)11-20-18(23)3-2-14-5-8-25-9-6-14/h4,7,13-16H,5-6,8-12H2,1H3,(H,20,23)/t15-,16-/m1/s1. The van der Waals surface area contributed by atoms with E-state index in [2.05, 4.69) is 32.0 Å². The predicted molar refractivity (Wildman–Crippen MR) is 92.9 cm³/mol. The molecule has 2 fully saturated rings. The topological polar surface area (TPSA) is 76.6 Å². The second-order valence-corrected chi connectivity index (χ2v) is 6.33. The third-order valence-electron chi connectivity index (χ3n) is 4.68. The van der Waals surface area contributed by atoms with Crippen molar-refractivity contribution >= 4 is 11.7 Å². The lowest BCUT2D eigenvalue weighted by atomic mass is 10.0. The van der Waals surface area contributed by atoms with Crippen LogP contribution in [0.15, 0.2) is 18.6 Å². The molecule has 25 heavy (non-hydrogen) atoms.